The van der Waals surface area contributed by atoms with E-state index >= 15 is 0 Å². The number of ether oxygens (including phenoxy) is 2. The minimum Gasteiger partial charge on any atom is -0.493 e. The molecule has 1 heterocycles. The monoisotopic (exact) mass is 422 g/mol. The molecular formula is C19H22N2O5S2. The Labute approximate surface area is 167 Å². The Morgan fingerprint density at radius 1 is 1.11 bits per heavy atom. The molecule has 0 aliphatic heterocycles. The van der Waals surface area contributed by atoms with Gasteiger partial charge in [-0.3, -0.25) is 4.79 Å². The molecule has 0 aliphatic carbocycles. The van der Waals surface area contributed by atoms with E-state index in [4.69, 9.17) is 9.47 Å². The second-order valence-corrected chi connectivity index (χ2v) is 8.96. The summed E-state index contributed by atoms with van der Waals surface area (Å²) in [6.07, 6.45) is 0.551. The summed E-state index contributed by atoms with van der Waals surface area (Å²) in [5.41, 5.74) is 1.48. The highest BCUT2D eigenvalue weighted by atomic mass is 32.2. The lowest BCUT2D eigenvalue weighted by atomic mass is 10.1. The highest BCUT2D eigenvalue weighted by Gasteiger charge is 2.22. The maximum absolute atomic E-state index is 12.9. The Morgan fingerprint density at radius 3 is 2.46 bits per heavy atom. The fraction of sp³-hybridized carbons (Fsp3) is 0.316. The second-order valence-electron chi connectivity index (χ2n) is 6.25. The van der Waals surface area contributed by atoms with Crippen LogP contribution in [0, 0.1) is 0 Å². The van der Waals surface area contributed by atoms with Gasteiger partial charge >= 0.3 is 4.87 Å². The van der Waals surface area contributed by atoms with Crippen LogP contribution in [0.1, 0.15) is 24.9 Å². The van der Waals surface area contributed by atoms with Crippen LogP contribution in [0.5, 0.6) is 11.5 Å². The lowest BCUT2D eigenvalue weighted by Gasteiger charge is -2.19. The van der Waals surface area contributed by atoms with Crippen molar-refractivity contribution in [3.63, 3.8) is 0 Å². The van der Waals surface area contributed by atoms with Crippen LogP contribution in [0.2, 0.25) is 0 Å². The van der Waals surface area contributed by atoms with Crippen molar-refractivity contribution in [2.75, 3.05) is 14.2 Å². The van der Waals surface area contributed by atoms with Gasteiger partial charge in [-0.15, -0.1) is 0 Å². The SMILES string of the molecule is CC[C@@H](NS(=O)(=O)c1ccc2c(c1)sc(=O)n2C)c1ccc(OC)c(OC)c1. The summed E-state index contributed by atoms with van der Waals surface area (Å²) in [6.45, 7) is 1.90. The van der Waals surface area contributed by atoms with Crippen molar-refractivity contribution >= 4 is 31.6 Å². The highest BCUT2D eigenvalue weighted by Crippen LogP contribution is 2.31. The first-order valence-corrected chi connectivity index (χ1v) is 10.9. The molecule has 1 atom stereocenters. The van der Waals surface area contributed by atoms with Crippen LogP contribution in [0.4, 0.5) is 0 Å². The minimum absolute atomic E-state index is 0.126. The molecule has 0 spiro atoms. The summed E-state index contributed by atoms with van der Waals surface area (Å²) >= 11 is 1.02. The van der Waals surface area contributed by atoms with E-state index < -0.39 is 16.1 Å². The molecule has 7 nitrogen and oxygen atoms in total. The first-order chi connectivity index (χ1) is 13.3. The number of hydrogen-bond donors (Lipinski definition) is 1. The zero-order chi connectivity index (χ0) is 20.5. The maximum atomic E-state index is 12.9. The number of aromatic nitrogens is 1. The van der Waals surface area contributed by atoms with E-state index in [0.717, 1.165) is 16.9 Å². The third-order valence-corrected chi connectivity index (χ3v) is 7.05. The number of fused-ring (bicyclic) bond motifs is 1. The number of nitrogens with one attached hydrogen (secondary N) is 1. The van der Waals surface area contributed by atoms with Gasteiger partial charge in [0.2, 0.25) is 10.0 Å². The smallest absolute Gasteiger partial charge is 0.307 e. The number of sulfonamides is 1. The molecule has 0 unspecified atom stereocenters. The molecule has 9 heteroatoms. The van der Waals surface area contributed by atoms with E-state index in [1.807, 2.05) is 13.0 Å². The van der Waals surface area contributed by atoms with Gasteiger partial charge in [-0.2, -0.15) is 0 Å². The van der Waals surface area contributed by atoms with Crippen molar-refractivity contribution < 1.29 is 17.9 Å². The lowest BCUT2D eigenvalue weighted by molar-refractivity contribution is 0.354. The van der Waals surface area contributed by atoms with E-state index in [1.54, 1.807) is 32.4 Å². The van der Waals surface area contributed by atoms with Gasteiger partial charge in [0.25, 0.3) is 0 Å². The Kier molecular flexibility index (Phi) is 5.78. The summed E-state index contributed by atoms with van der Waals surface area (Å²) in [5.74, 6) is 1.11. The molecule has 0 radical (unpaired) electrons. The van der Waals surface area contributed by atoms with Crippen molar-refractivity contribution in [2.24, 2.45) is 7.05 Å². The van der Waals surface area contributed by atoms with Gasteiger partial charge in [-0.1, -0.05) is 24.3 Å². The maximum Gasteiger partial charge on any atom is 0.307 e. The molecule has 0 amide bonds. The van der Waals surface area contributed by atoms with Gasteiger partial charge < -0.3 is 14.0 Å². The van der Waals surface area contributed by atoms with Gasteiger partial charge in [-0.05, 0) is 42.3 Å². The first kappa shape index (κ1) is 20.4. The summed E-state index contributed by atoms with van der Waals surface area (Å²) in [6, 6.07) is 9.59. The van der Waals surface area contributed by atoms with Gasteiger partial charge in [-0.25, -0.2) is 13.1 Å². The van der Waals surface area contributed by atoms with Crippen LogP contribution in [0.15, 0.2) is 46.1 Å². The van der Waals surface area contributed by atoms with Crippen LogP contribution < -0.4 is 19.1 Å². The van der Waals surface area contributed by atoms with Gasteiger partial charge in [0.05, 0.1) is 29.3 Å². The van der Waals surface area contributed by atoms with E-state index in [9.17, 15) is 13.2 Å². The Balaban J connectivity index is 1.94. The molecule has 150 valence electrons. The third-order valence-electron chi connectivity index (χ3n) is 4.59. The molecule has 0 saturated carbocycles. The van der Waals surface area contributed by atoms with Crippen molar-refractivity contribution in [3.8, 4) is 11.5 Å². The molecule has 3 aromatic rings. The number of benzene rings is 2. The van der Waals surface area contributed by atoms with Gasteiger partial charge in [0.15, 0.2) is 11.5 Å². The molecule has 3 rings (SSSR count). The quantitative estimate of drug-likeness (QED) is 0.632. The molecule has 0 saturated heterocycles. The Hall–Kier alpha value is -2.36. The number of hydrogen-bond acceptors (Lipinski definition) is 6. The molecule has 2 aromatic carbocycles. The van der Waals surface area contributed by atoms with E-state index in [2.05, 4.69) is 4.72 Å². The molecule has 1 aromatic heterocycles. The first-order valence-electron chi connectivity index (χ1n) is 8.64. The number of aryl methyl sites for hydroxylation is 1. The fourth-order valence-electron chi connectivity index (χ4n) is 2.99. The predicted molar refractivity (Wildman–Crippen MR) is 110 cm³/mol. The number of nitrogens with zero attached hydrogens (tertiary/aromatic N) is 1. The average molecular weight is 423 g/mol. The average Bonchev–Trinajstić information content (AvgIpc) is 2.98. The van der Waals surface area contributed by atoms with Crippen molar-refractivity contribution in [1.82, 2.24) is 9.29 Å². The number of methoxy groups -OCH3 is 2. The normalized spacial score (nSPS) is 12.9. The van der Waals surface area contributed by atoms with Crippen LogP contribution in [-0.2, 0) is 17.1 Å². The molecule has 0 bridgehead atoms. The fourth-order valence-corrected chi connectivity index (χ4v) is 5.32. The van der Waals surface area contributed by atoms with Gasteiger partial charge in [0, 0.05) is 13.1 Å². The van der Waals surface area contributed by atoms with Crippen LogP contribution >= 0.6 is 11.3 Å². The summed E-state index contributed by atoms with van der Waals surface area (Å²) < 4.78 is 41.3. The molecule has 28 heavy (non-hydrogen) atoms. The van der Waals surface area contributed by atoms with E-state index in [1.165, 1.54) is 23.8 Å². The molecule has 0 fully saturated rings. The molecule has 1 N–H and O–H groups in total. The number of thiazole rings is 1. The Morgan fingerprint density at radius 2 is 1.82 bits per heavy atom. The summed E-state index contributed by atoms with van der Waals surface area (Å²) in [4.78, 5) is 11.8. The third kappa shape index (κ3) is 3.78. The standard InChI is InChI=1S/C19H22N2O5S2/c1-5-14(12-6-9-16(25-3)17(10-12)26-4)20-28(23,24)13-7-8-15-18(11-13)27-19(22)21(15)2/h6-11,14,20H,5H2,1-4H3/t14-/m1/s1. The Bertz CT molecular complexity index is 1160. The number of rotatable bonds is 7. The minimum atomic E-state index is -3.78. The highest BCUT2D eigenvalue weighted by molar-refractivity contribution is 7.89. The summed E-state index contributed by atoms with van der Waals surface area (Å²) in [5, 5.41) is 0. The predicted octanol–water partition coefficient (Wildman–Crippen LogP) is 3.05. The van der Waals surface area contributed by atoms with E-state index in [-0.39, 0.29) is 9.77 Å². The van der Waals surface area contributed by atoms with Crippen LogP contribution in [-0.4, -0.2) is 27.2 Å². The van der Waals surface area contributed by atoms with Gasteiger partial charge in [0.1, 0.15) is 0 Å². The summed E-state index contributed by atoms with van der Waals surface area (Å²) in [7, 11) is 0.970. The van der Waals surface area contributed by atoms with Crippen LogP contribution in [0.3, 0.4) is 0 Å². The second kappa shape index (κ2) is 7.94. The molecular weight excluding hydrogens is 400 g/mol. The topological polar surface area (TPSA) is 86.6 Å². The van der Waals surface area contributed by atoms with Crippen molar-refractivity contribution in [3.05, 3.63) is 51.6 Å². The zero-order valence-corrected chi connectivity index (χ0v) is 17.7. The van der Waals surface area contributed by atoms with Crippen molar-refractivity contribution in [2.45, 2.75) is 24.3 Å². The largest absolute Gasteiger partial charge is 0.493 e. The van der Waals surface area contributed by atoms with Crippen molar-refractivity contribution in [1.29, 1.82) is 0 Å². The lowest BCUT2D eigenvalue weighted by Crippen LogP contribution is -2.28. The van der Waals surface area contributed by atoms with E-state index in [0.29, 0.717) is 28.1 Å². The van der Waals surface area contributed by atoms with Crippen LogP contribution in [0.25, 0.3) is 10.2 Å². The molecule has 0 aliphatic rings. The zero-order valence-electron chi connectivity index (χ0n) is 16.1.